The molecule has 2 rings (SSSR count). The fourth-order valence-corrected chi connectivity index (χ4v) is 2.67. The van der Waals surface area contributed by atoms with E-state index in [-0.39, 0.29) is 5.78 Å². The lowest BCUT2D eigenvalue weighted by Gasteiger charge is -2.23. The summed E-state index contributed by atoms with van der Waals surface area (Å²) in [6.07, 6.45) is 1.46. The SMILES string of the molecule is CC(C)C(NCCCC(=O)c1ccccc1)c1ccccc1. The first-order valence-electron chi connectivity index (χ1n) is 8.05. The van der Waals surface area contributed by atoms with Crippen molar-refractivity contribution in [2.24, 2.45) is 5.92 Å². The molecule has 116 valence electrons. The van der Waals surface area contributed by atoms with Crippen LogP contribution in [-0.2, 0) is 0 Å². The normalized spacial score (nSPS) is 12.3. The lowest BCUT2D eigenvalue weighted by molar-refractivity contribution is 0.0979. The summed E-state index contributed by atoms with van der Waals surface area (Å²) in [6.45, 7) is 5.30. The second-order valence-corrected chi connectivity index (χ2v) is 5.98. The van der Waals surface area contributed by atoms with Crippen LogP contribution in [0, 0.1) is 5.92 Å². The van der Waals surface area contributed by atoms with Crippen LogP contribution in [0.15, 0.2) is 60.7 Å². The van der Waals surface area contributed by atoms with Crippen molar-refractivity contribution in [1.82, 2.24) is 5.32 Å². The zero-order valence-electron chi connectivity index (χ0n) is 13.5. The smallest absolute Gasteiger partial charge is 0.162 e. The molecule has 0 aliphatic rings. The summed E-state index contributed by atoms with van der Waals surface area (Å²) < 4.78 is 0. The van der Waals surface area contributed by atoms with Gasteiger partial charge in [-0.05, 0) is 24.4 Å². The number of Topliss-reactive ketones (excluding diaryl/α,β-unsaturated/α-hetero) is 1. The molecule has 0 radical (unpaired) electrons. The van der Waals surface area contributed by atoms with E-state index in [1.807, 2.05) is 36.4 Å². The molecular weight excluding hydrogens is 270 g/mol. The van der Waals surface area contributed by atoms with Crippen molar-refractivity contribution in [3.05, 3.63) is 71.8 Å². The van der Waals surface area contributed by atoms with Gasteiger partial charge >= 0.3 is 0 Å². The Balaban J connectivity index is 1.81. The summed E-state index contributed by atoms with van der Waals surface area (Å²) >= 11 is 0. The zero-order chi connectivity index (χ0) is 15.8. The van der Waals surface area contributed by atoms with E-state index in [4.69, 9.17) is 0 Å². The van der Waals surface area contributed by atoms with Crippen molar-refractivity contribution in [2.45, 2.75) is 32.7 Å². The van der Waals surface area contributed by atoms with E-state index in [0.29, 0.717) is 18.4 Å². The van der Waals surface area contributed by atoms with Gasteiger partial charge < -0.3 is 5.32 Å². The molecule has 0 saturated heterocycles. The third-order valence-electron chi connectivity index (χ3n) is 3.87. The van der Waals surface area contributed by atoms with Crippen LogP contribution in [0.5, 0.6) is 0 Å². The minimum Gasteiger partial charge on any atom is -0.310 e. The molecule has 0 spiro atoms. The third kappa shape index (κ3) is 4.81. The van der Waals surface area contributed by atoms with E-state index in [0.717, 1.165) is 18.5 Å². The molecule has 2 heteroatoms. The first kappa shape index (κ1) is 16.4. The average molecular weight is 295 g/mol. The second-order valence-electron chi connectivity index (χ2n) is 5.98. The molecule has 0 saturated carbocycles. The molecule has 0 bridgehead atoms. The highest BCUT2D eigenvalue weighted by Crippen LogP contribution is 2.21. The predicted octanol–water partition coefficient (Wildman–Crippen LogP) is 4.64. The summed E-state index contributed by atoms with van der Waals surface area (Å²) in [4.78, 5) is 12.1. The summed E-state index contributed by atoms with van der Waals surface area (Å²) in [6, 6.07) is 20.4. The number of hydrogen-bond donors (Lipinski definition) is 1. The average Bonchev–Trinajstić information content (AvgIpc) is 2.56. The highest BCUT2D eigenvalue weighted by atomic mass is 16.1. The molecule has 2 aromatic rings. The van der Waals surface area contributed by atoms with Gasteiger partial charge in [0.05, 0.1) is 0 Å². The van der Waals surface area contributed by atoms with Gasteiger partial charge in [0.2, 0.25) is 0 Å². The first-order chi connectivity index (χ1) is 10.7. The van der Waals surface area contributed by atoms with Gasteiger partial charge in [0.25, 0.3) is 0 Å². The molecular formula is C20H25NO. The molecule has 1 unspecified atom stereocenters. The van der Waals surface area contributed by atoms with Gasteiger partial charge in [-0.15, -0.1) is 0 Å². The fraction of sp³-hybridized carbons (Fsp3) is 0.350. The molecule has 2 nitrogen and oxygen atoms in total. The highest BCUT2D eigenvalue weighted by molar-refractivity contribution is 5.95. The quantitative estimate of drug-likeness (QED) is 0.568. The predicted molar refractivity (Wildman–Crippen MR) is 92.0 cm³/mol. The molecule has 0 aliphatic heterocycles. The topological polar surface area (TPSA) is 29.1 Å². The van der Waals surface area contributed by atoms with E-state index >= 15 is 0 Å². The van der Waals surface area contributed by atoms with Crippen LogP contribution in [0.3, 0.4) is 0 Å². The second kappa shape index (κ2) is 8.50. The maximum absolute atomic E-state index is 12.1. The van der Waals surface area contributed by atoms with Gasteiger partial charge in [0.15, 0.2) is 5.78 Å². The van der Waals surface area contributed by atoms with Crippen LogP contribution in [0.4, 0.5) is 0 Å². The number of rotatable bonds is 8. The van der Waals surface area contributed by atoms with E-state index in [1.54, 1.807) is 0 Å². The van der Waals surface area contributed by atoms with Crippen LogP contribution in [0.2, 0.25) is 0 Å². The Hall–Kier alpha value is -1.93. The Labute approximate surface area is 133 Å². The Kier molecular flexibility index (Phi) is 6.35. The standard InChI is InChI=1S/C20H25NO/c1-16(2)20(18-12-7-4-8-13-18)21-15-9-14-19(22)17-10-5-3-6-11-17/h3-8,10-13,16,20-21H,9,14-15H2,1-2H3. The lowest BCUT2D eigenvalue weighted by Crippen LogP contribution is -2.27. The van der Waals surface area contributed by atoms with Crippen molar-refractivity contribution in [3.63, 3.8) is 0 Å². The molecule has 0 aromatic heterocycles. The number of nitrogens with one attached hydrogen (secondary N) is 1. The van der Waals surface area contributed by atoms with Crippen molar-refractivity contribution < 1.29 is 4.79 Å². The summed E-state index contributed by atoms with van der Waals surface area (Å²) in [7, 11) is 0. The van der Waals surface area contributed by atoms with Gasteiger partial charge in [-0.2, -0.15) is 0 Å². The van der Waals surface area contributed by atoms with Gasteiger partial charge in [0.1, 0.15) is 0 Å². The number of benzene rings is 2. The Morgan fingerprint density at radius 2 is 1.55 bits per heavy atom. The molecule has 0 amide bonds. The maximum atomic E-state index is 12.1. The number of carbonyl (C=O) groups excluding carboxylic acids is 1. The van der Waals surface area contributed by atoms with Gasteiger partial charge in [0, 0.05) is 18.0 Å². The minimum absolute atomic E-state index is 0.225. The van der Waals surface area contributed by atoms with Crippen molar-refractivity contribution >= 4 is 5.78 Å². The first-order valence-corrected chi connectivity index (χ1v) is 8.05. The fourth-order valence-electron chi connectivity index (χ4n) is 2.67. The summed E-state index contributed by atoms with van der Waals surface area (Å²) in [5.41, 5.74) is 2.12. The molecule has 0 heterocycles. The zero-order valence-corrected chi connectivity index (χ0v) is 13.5. The van der Waals surface area contributed by atoms with E-state index in [9.17, 15) is 4.79 Å². The lowest BCUT2D eigenvalue weighted by atomic mass is 9.96. The van der Waals surface area contributed by atoms with Crippen molar-refractivity contribution in [1.29, 1.82) is 0 Å². The third-order valence-corrected chi connectivity index (χ3v) is 3.87. The molecule has 1 atom stereocenters. The molecule has 2 aromatic carbocycles. The Morgan fingerprint density at radius 3 is 2.14 bits per heavy atom. The van der Waals surface area contributed by atoms with Crippen LogP contribution in [-0.4, -0.2) is 12.3 Å². The monoisotopic (exact) mass is 295 g/mol. The van der Waals surface area contributed by atoms with Crippen molar-refractivity contribution in [2.75, 3.05) is 6.54 Å². The van der Waals surface area contributed by atoms with Crippen LogP contribution >= 0.6 is 0 Å². The largest absolute Gasteiger partial charge is 0.310 e. The Bertz CT molecular complexity index is 563. The highest BCUT2D eigenvalue weighted by Gasteiger charge is 2.14. The van der Waals surface area contributed by atoms with E-state index in [1.165, 1.54) is 5.56 Å². The van der Waals surface area contributed by atoms with E-state index < -0.39 is 0 Å². The molecule has 0 fully saturated rings. The number of ketones is 1. The van der Waals surface area contributed by atoms with Gasteiger partial charge in [-0.3, -0.25) is 4.79 Å². The minimum atomic E-state index is 0.225. The van der Waals surface area contributed by atoms with Crippen LogP contribution in [0.25, 0.3) is 0 Å². The maximum Gasteiger partial charge on any atom is 0.162 e. The Morgan fingerprint density at radius 1 is 0.955 bits per heavy atom. The van der Waals surface area contributed by atoms with Crippen molar-refractivity contribution in [3.8, 4) is 0 Å². The van der Waals surface area contributed by atoms with E-state index in [2.05, 4.69) is 43.4 Å². The van der Waals surface area contributed by atoms with Crippen LogP contribution in [0.1, 0.15) is 48.7 Å². The molecule has 1 N–H and O–H groups in total. The molecule has 22 heavy (non-hydrogen) atoms. The number of hydrogen-bond acceptors (Lipinski definition) is 2. The van der Waals surface area contributed by atoms with Gasteiger partial charge in [-0.25, -0.2) is 0 Å². The summed E-state index contributed by atoms with van der Waals surface area (Å²) in [5.74, 6) is 0.746. The van der Waals surface area contributed by atoms with Crippen LogP contribution < -0.4 is 5.32 Å². The number of carbonyl (C=O) groups is 1. The van der Waals surface area contributed by atoms with Gasteiger partial charge in [-0.1, -0.05) is 74.5 Å². The molecule has 0 aliphatic carbocycles. The summed E-state index contributed by atoms with van der Waals surface area (Å²) in [5, 5.41) is 3.59.